The fraction of sp³-hybridized carbons (Fsp3) is 0.357. The summed E-state index contributed by atoms with van der Waals surface area (Å²) in [7, 11) is 0. The number of aryl methyl sites for hydroxylation is 1. The lowest BCUT2D eigenvalue weighted by molar-refractivity contribution is -0.117. The van der Waals surface area contributed by atoms with Gasteiger partial charge in [0.2, 0.25) is 0 Å². The first-order chi connectivity index (χ1) is 7.58. The minimum Gasteiger partial charge on any atom is -0.461 e. The molecule has 0 aliphatic carbocycles. The number of fused-ring (bicyclic) bond motifs is 1. The number of furan rings is 1. The zero-order valence-corrected chi connectivity index (χ0v) is 9.91. The van der Waals surface area contributed by atoms with E-state index in [9.17, 15) is 4.79 Å². The van der Waals surface area contributed by atoms with Gasteiger partial charge in [0.25, 0.3) is 0 Å². The molecule has 0 fully saturated rings. The summed E-state index contributed by atoms with van der Waals surface area (Å²) in [5.74, 6) is 1.26. The minimum absolute atomic E-state index is 0.157. The van der Waals surface area contributed by atoms with Gasteiger partial charge in [0.1, 0.15) is 17.1 Å². The second-order valence-corrected chi connectivity index (χ2v) is 4.45. The monoisotopic (exact) mass is 216 g/mol. The summed E-state index contributed by atoms with van der Waals surface area (Å²) in [6, 6.07) is 8.13. The van der Waals surface area contributed by atoms with Crippen molar-refractivity contribution in [2.45, 2.75) is 33.1 Å². The highest BCUT2D eigenvalue weighted by Crippen LogP contribution is 2.28. The van der Waals surface area contributed by atoms with Crippen LogP contribution in [-0.2, 0) is 4.79 Å². The van der Waals surface area contributed by atoms with E-state index in [2.05, 4.69) is 0 Å². The molecule has 0 saturated heterocycles. The third-order valence-corrected chi connectivity index (χ3v) is 2.84. The van der Waals surface area contributed by atoms with Gasteiger partial charge in [-0.05, 0) is 25.5 Å². The van der Waals surface area contributed by atoms with Crippen LogP contribution in [0, 0.1) is 6.92 Å². The molecule has 84 valence electrons. The minimum atomic E-state index is 0.157. The third-order valence-electron chi connectivity index (χ3n) is 2.84. The number of ketones is 1. The molecule has 0 amide bonds. The van der Waals surface area contributed by atoms with Gasteiger partial charge in [0.05, 0.1) is 0 Å². The Balaban J connectivity index is 2.39. The molecule has 1 unspecified atom stereocenters. The summed E-state index contributed by atoms with van der Waals surface area (Å²) in [4.78, 5) is 11.1. The number of rotatable bonds is 3. The van der Waals surface area contributed by atoms with E-state index in [-0.39, 0.29) is 11.7 Å². The van der Waals surface area contributed by atoms with Crippen LogP contribution in [0.25, 0.3) is 11.0 Å². The van der Waals surface area contributed by atoms with Crippen molar-refractivity contribution in [1.29, 1.82) is 0 Å². The third kappa shape index (κ3) is 2.01. The standard InChI is InChI=1S/C14H16O2/c1-9-5-4-6-12-8-13(16-14(9)12)10(2)7-11(3)15/h4-6,8,10H,7H2,1-3H3. The van der Waals surface area contributed by atoms with Crippen LogP contribution in [0.15, 0.2) is 28.7 Å². The lowest BCUT2D eigenvalue weighted by Gasteiger charge is -2.04. The van der Waals surface area contributed by atoms with Gasteiger partial charge in [-0.15, -0.1) is 0 Å². The molecule has 1 aromatic heterocycles. The molecule has 1 aromatic carbocycles. The first-order valence-corrected chi connectivity index (χ1v) is 5.56. The van der Waals surface area contributed by atoms with Gasteiger partial charge < -0.3 is 9.21 Å². The molecule has 0 radical (unpaired) electrons. The molecule has 2 rings (SSSR count). The van der Waals surface area contributed by atoms with E-state index in [1.807, 2.05) is 38.1 Å². The SMILES string of the molecule is CC(=O)CC(C)c1cc2cccc(C)c2o1. The fourth-order valence-electron chi connectivity index (χ4n) is 2.00. The van der Waals surface area contributed by atoms with Crippen molar-refractivity contribution < 1.29 is 9.21 Å². The summed E-state index contributed by atoms with van der Waals surface area (Å²) < 4.78 is 5.81. The molecular formula is C14H16O2. The van der Waals surface area contributed by atoms with Gasteiger partial charge in [-0.1, -0.05) is 25.1 Å². The molecule has 0 bridgehead atoms. The first kappa shape index (κ1) is 10.9. The molecule has 0 N–H and O–H groups in total. The average molecular weight is 216 g/mol. The van der Waals surface area contributed by atoms with Gasteiger partial charge in [0.15, 0.2) is 0 Å². The second kappa shape index (κ2) is 4.12. The Morgan fingerprint density at radius 2 is 2.19 bits per heavy atom. The van der Waals surface area contributed by atoms with Gasteiger partial charge in [-0.3, -0.25) is 0 Å². The number of carbonyl (C=O) groups excluding carboxylic acids is 1. The Labute approximate surface area is 95.3 Å². The predicted molar refractivity (Wildman–Crippen MR) is 64.7 cm³/mol. The van der Waals surface area contributed by atoms with Crippen LogP contribution in [-0.4, -0.2) is 5.78 Å². The highest BCUT2D eigenvalue weighted by Gasteiger charge is 2.14. The maximum absolute atomic E-state index is 11.1. The van der Waals surface area contributed by atoms with Crippen LogP contribution in [0.3, 0.4) is 0 Å². The average Bonchev–Trinajstić information content (AvgIpc) is 2.61. The number of hydrogen-bond donors (Lipinski definition) is 0. The maximum atomic E-state index is 11.1. The van der Waals surface area contributed by atoms with Crippen LogP contribution in [0.1, 0.15) is 37.5 Å². The van der Waals surface area contributed by atoms with Crippen LogP contribution < -0.4 is 0 Å². The molecule has 2 heteroatoms. The normalized spacial score (nSPS) is 12.9. The van der Waals surface area contributed by atoms with Crippen molar-refractivity contribution in [3.05, 3.63) is 35.6 Å². The Hall–Kier alpha value is -1.57. The summed E-state index contributed by atoms with van der Waals surface area (Å²) in [6.07, 6.45) is 0.541. The molecule has 0 aliphatic heterocycles. The van der Waals surface area contributed by atoms with Crippen LogP contribution >= 0.6 is 0 Å². The number of benzene rings is 1. The van der Waals surface area contributed by atoms with E-state index in [0.29, 0.717) is 6.42 Å². The smallest absolute Gasteiger partial charge is 0.137 e. The van der Waals surface area contributed by atoms with Crippen LogP contribution in [0.5, 0.6) is 0 Å². The Bertz CT molecular complexity index is 523. The van der Waals surface area contributed by atoms with Crippen molar-refractivity contribution in [1.82, 2.24) is 0 Å². The molecule has 0 spiro atoms. The second-order valence-electron chi connectivity index (χ2n) is 4.45. The fourth-order valence-corrected chi connectivity index (χ4v) is 2.00. The lowest BCUT2D eigenvalue weighted by Crippen LogP contribution is -1.98. The number of carbonyl (C=O) groups is 1. The van der Waals surface area contributed by atoms with E-state index in [1.54, 1.807) is 6.92 Å². The largest absolute Gasteiger partial charge is 0.461 e. The number of Topliss-reactive ketones (excluding diaryl/α,β-unsaturated/α-hetero) is 1. The van der Waals surface area contributed by atoms with Crippen LogP contribution in [0.4, 0.5) is 0 Å². The number of para-hydroxylation sites is 1. The molecule has 0 saturated carbocycles. The van der Waals surface area contributed by atoms with Gasteiger partial charge in [-0.25, -0.2) is 0 Å². The number of hydrogen-bond acceptors (Lipinski definition) is 2. The molecular weight excluding hydrogens is 200 g/mol. The van der Waals surface area contributed by atoms with Crippen molar-refractivity contribution >= 4 is 16.8 Å². The van der Waals surface area contributed by atoms with Gasteiger partial charge >= 0.3 is 0 Å². The Morgan fingerprint density at radius 3 is 2.81 bits per heavy atom. The Kier molecular flexibility index (Phi) is 2.82. The molecule has 1 heterocycles. The maximum Gasteiger partial charge on any atom is 0.137 e. The molecule has 16 heavy (non-hydrogen) atoms. The lowest BCUT2D eigenvalue weighted by atomic mass is 10.0. The zero-order valence-electron chi connectivity index (χ0n) is 9.91. The quantitative estimate of drug-likeness (QED) is 0.780. The van der Waals surface area contributed by atoms with E-state index >= 15 is 0 Å². The van der Waals surface area contributed by atoms with Crippen molar-refractivity contribution in [2.75, 3.05) is 0 Å². The van der Waals surface area contributed by atoms with Gasteiger partial charge in [0, 0.05) is 17.7 Å². The molecule has 2 nitrogen and oxygen atoms in total. The van der Waals surface area contributed by atoms with Crippen molar-refractivity contribution in [2.24, 2.45) is 0 Å². The molecule has 0 aliphatic rings. The summed E-state index contributed by atoms with van der Waals surface area (Å²) in [6.45, 7) is 5.67. The zero-order chi connectivity index (χ0) is 11.7. The molecule has 1 atom stereocenters. The van der Waals surface area contributed by atoms with E-state index in [0.717, 1.165) is 22.3 Å². The Morgan fingerprint density at radius 1 is 1.44 bits per heavy atom. The summed E-state index contributed by atoms with van der Waals surface area (Å²) >= 11 is 0. The topological polar surface area (TPSA) is 30.2 Å². The van der Waals surface area contributed by atoms with Crippen molar-refractivity contribution in [3.8, 4) is 0 Å². The van der Waals surface area contributed by atoms with E-state index in [1.165, 1.54) is 0 Å². The van der Waals surface area contributed by atoms with Crippen LogP contribution in [0.2, 0.25) is 0 Å². The van der Waals surface area contributed by atoms with E-state index in [4.69, 9.17) is 4.42 Å². The molecule has 2 aromatic rings. The van der Waals surface area contributed by atoms with E-state index < -0.39 is 0 Å². The van der Waals surface area contributed by atoms with Crippen molar-refractivity contribution in [3.63, 3.8) is 0 Å². The predicted octanol–water partition coefficient (Wildman–Crippen LogP) is 3.82. The summed E-state index contributed by atoms with van der Waals surface area (Å²) in [5, 5.41) is 1.12. The van der Waals surface area contributed by atoms with Gasteiger partial charge in [-0.2, -0.15) is 0 Å². The first-order valence-electron chi connectivity index (χ1n) is 5.56. The summed E-state index contributed by atoms with van der Waals surface area (Å²) in [5.41, 5.74) is 2.08. The highest BCUT2D eigenvalue weighted by molar-refractivity contribution is 5.81. The highest BCUT2D eigenvalue weighted by atomic mass is 16.3.